The number of hydrogen-bond acceptors (Lipinski definition) is 4. The number of nitriles is 1. The number of nitrogens with zero attached hydrogens (tertiary/aromatic N) is 4. The summed E-state index contributed by atoms with van der Waals surface area (Å²) >= 11 is 0. The molecule has 1 saturated heterocycles. The number of benzene rings is 2. The molecule has 0 radical (unpaired) electrons. The number of carbonyl (C=O) groups is 2. The van der Waals surface area contributed by atoms with E-state index < -0.39 is 11.9 Å². The van der Waals surface area contributed by atoms with Crippen LogP contribution >= 0.6 is 0 Å². The number of likely N-dealkylation sites (tertiary alicyclic amines) is 1. The molecule has 3 aromatic rings. The van der Waals surface area contributed by atoms with E-state index in [2.05, 4.69) is 6.07 Å². The van der Waals surface area contributed by atoms with Gasteiger partial charge in [-0.2, -0.15) is 10.4 Å². The van der Waals surface area contributed by atoms with Crippen molar-refractivity contribution >= 4 is 17.9 Å². The Morgan fingerprint density at radius 1 is 1.12 bits per heavy atom. The third-order valence-corrected chi connectivity index (χ3v) is 5.55. The number of amides is 2. The molecule has 7 heteroatoms. The Hall–Kier alpha value is -4.18. The number of aromatic nitrogens is 2. The molecular formula is C25H23N5O2. The molecule has 1 aromatic heterocycles. The van der Waals surface area contributed by atoms with Gasteiger partial charge < -0.3 is 10.6 Å². The summed E-state index contributed by atoms with van der Waals surface area (Å²) in [6, 6.07) is 18.4. The molecule has 1 atom stereocenters. The first-order valence-corrected chi connectivity index (χ1v) is 10.5. The number of para-hydroxylation sites is 1. The SMILES string of the molecule is N#Cc1cccc(-c2nn(-c3ccccc3)cc2/C=C/C(=O)N2CCCCC2C(N)=O)c1. The molecule has 0 spiro atoms. The van der Waals surface area contributed by atoms with Crippen molar-refractivity contribution in [1.82, 2.24) is 14.7 Å². The van der Waals surface area contributed by atoms with E-state index >= 15 is 0 Å². The maximum absolute atomic E-state index is 12.9. The van der Waals surface area contributed by atoms with Crippen molar-refractivity contribution in [2.24, 2.45) is 5.73 Å². The normalized spacial score (nSPS) is 16.1. The Morgan fingerprint density at radius 2 is 1.94 bits per heavy atom. The van der Waals surface area contributed by atoms with Crippen LogP contribution in [-0.2, 0) is 9.59 Å². The molecule has 1 aliphatic heterocycles. The van der Waals surface area contributed by atoms with E-state index in [0.29, 0.717) is 24.2 Å². The molecule has 2 N–H and O–H groups in total. The highest BCUT2D eigenvalue weighted by molar-refractivity contribution is 5.96. The summed E-state index contributed by atoms with van der Waals surface area (Å²) in [5, 5.41) is 14.0. The van der Waals surface area contributed by atoms with E-state index in [1.807, 2.05) is 42.6 Å². The highest BCUT2D eigenvalue weighted by atomic mass is 16.2. The van der Waals surface area contributed by atoms with Crippen molar-refractivity contribution in [1.29, 1.82) is 5.26 Å². The maximum Gasteiger partial charge on any atom is 0.247 e. The summed E-state index contributed by atoms with van der Waals surface area (Å²) in [7, 11) is 0. The van der Waals surface area contributed by atoms with E-state index in [0.717, 1.165) is 29.7 Å². The van der Waals surface area contributed by atoms with Gasteiger partial charge in [-0.1, -0.05) is 30.3 Å². The van der Waals surface area contributed by atoms with Crippen molar-refractivity contribution in [3.05, 3.63) is 78.0 Å². The van der Waals surface area contributed by atoms with Crippen molar-refractivity contribution in [2.75, 3.05) is 6.54 Å². The molecule has 1 fully saturated rings. The monoisotopic (exact) mass is 425 g/mol. The molecule has 160 valence electrons. The minimum atomic E-state index is -0.570. The lowest BCUT2D eigenvalue weighted by Gasteiger charge is -2.32. The summed E-state index contributed by atoms with van der Waals surface area (Å²) in [4.78, 5) is 26.2. The molecule has 32 heavy (non-hydrogen) atoms. The molecule has 4 rings (SSSR count). The highest BCUT2D eigenvalue weighted by Crippen LogP contribution is 2.26. The molecule has 1 unspecified atom stereocenters. The van der Waals surface area contributed by atoms with Gasteiger partial charge >= 0.3 is 0 Å². The van der Waals surface area contributed by atoms with Crippen LogP contribution in [0.4, 0.5) is 0 Å². The Labute approximate surface area is 186 Å². The zero-order chi connectivity index (χ0) is 22.5. The van der Waals surface area contributed by atoms with Crippen LogP contribution in [0, 0.1) is 11.3 Å². The fraction of sp³-hybridized carbons (Fsp3) is 0.200. The lowest BCUT2D eigenvalue weighted by molar-refractivity contribution is -0.137. The second-order valence-electron chi connectivity index (χ2n) is 7.68. The van der Waals surface area contributed by atoms with Crippen LogP contribution in [0.1, 0.15) is 30.4 Å². The summed E-state index contributed by atoms with van der Waals surface area (Å²) in [5.41, 5.74) is 9.06. The number of piperidine rings is 1. The van der Waals surface area contributed by atoms with E-state index in [1.54, 1.807) is 33.9 Å². The molecule has 2 amide bonds. The Balaban J connectivity index is 1.70. The van der Waals surface area contributed by atoms with Gasteiger partial charge in [-0.15, -0.1) is 0 Å². The average Bonchev–Trinajstić information content (AvgIpc) is 3.27. The van der Waals surface area contributed by atoms with Crippen LogP contribution in [0.2, 0.25) is 0 Å². The van der Waals surface area contributed by atoms with Crippen LogP contribution in [0.25, 0.3) is 23.0 Å². The molecule has 0 aliphatic carbocycles. The van der Waals surface area contributed by atoms with E-state index in [9.17, 15) is 14.9 Å². The molecule has 2 aromatic carbocycles. The van der Waals surface area contributed by atoms with Gasteiger partial charge in [0.2, 0.25) is 11.8 Å². The molecule has 2 heterocycles. The van der Waals surface area contributed by atoms with Gasteiger partial charge in [-0.3, -0.25) is 9.59 Å². The van der Waals surface area contributed by atoms with E-state index in [1.165, 1.54) is 6.08 Å². The van der Waals surface area contributed by atoms with Gasteiger partial charge in [0.25, 0.3) is 0 Å². The number of primary amides is 1. The van der Waals surface area contributed by atoms with Gasteiger partial charge in [0, 0.05) is 29.9 Å². The third-order valence-electron chi connectivity index (χ3n) is 5.55. The number of rotatable bonds is 5. The number of hydrogen-bond donors (Lipinski definition) is 1. The van der Waals surface area contributed by atoms with Crippen LogP contribution in [0.3, 0.4) is 0 Å². The fourth-order valence-electron chi connectivity index (χ4n) is 3.93. The summed E-state index contributed by atoms with van der Waals surface area (Å²) in [6.45, 7) is 0.511. The molecule has 0 bridgehead atoms. The second kappa shape index (κ2) is 9.31. The predicted molar refractivity (Wildman–Crippen MR) is 121 cm³/mol. The van der Waals surface area contributed by atoms with Gasteiger partial charge in [-0.25, -0.2) is 4.68 Å². The van der Waals surface area contributed by atoms with Gasteiger partial charge in [0.05, 0.1) is 23.0 Å². The predicted octanol–water partition coefficient (Wildman–Crippen LogP) is 3.29. The zero-order valence-corrected chi connectivity index (χ0v) is 17.5. The first-order chi connectivity index (χ1) is 15.6. The highest BCUT2D eigenvalue weighted by Gasteiger charge is 2.29. The quantitative estimate of drug-likeness (QED) is 0.633. The molecule has 0 saturated carbocycles. The Morgan fingerprint density at radius 3 is 2.69 bits per heavy atom. The van der Waals surface area contributed by atoms with E-state index in [4.69, 9.17) is 10.8 Å². The van der Waals surface area contributed by atoms with Crippen LogP contribution in [-0.4, -0.2) is 39.1 Å². The van der Waals surface area contributed by atoms with E-state index in [-0.39, 0.29) is 5.91 Å². The maximum atomic E-state index is 12.9. The first kappa shape index (κ1) is 21.1. The van der Waals surface area contributed by atoms with Crippen LogP contribution in [0.15, 0.2) is 66.9 Å². The average molecular weight is 425 g/mol. The van der Waals surface area contributed by atoms with Gasteiger partial charge in [0.1, 0.15) is 6.04 Å². The Bertz CT molecular complexity index is 1210. The fourth-order valence-corrected chi connectivity index (χ4v) is 3.93. The van der Waals surface area contributed by atoms with Crippen molar-refractivity contribution in [3.8, 4) is 23.0 Å². The zero-order valence-electron chi connectivity index (χ0n) is 17.5. The Kier molecular flexibility index (Phi) is 6.13. The summed E-state index contributed by atoms with van der Waals surface area (Å²) in [5.74, 6) is -0.727. The van der Waals surface area contributed by atoms with Crippen LogP contribution < -0.4 is 5.73 Å². The minimum absolute atomic E-state index is 0.252. The van der Waals surface area contributed by atoms with Crippen molar-refractivity contribution in [2.45, 2.75) is 25.3 Å². The molecule has 1 aliphatic rings. The van der Waals surface area contributed by atoms with Gasteiger partial charge in [0.15, 0.2) is 0 Å². The standard InChI is InChI=1S/C25H23N5O2/c26-16-18-7-6-8-19(15-18)24-20(17-30(28-24)21-9-2-1-3-10-21)12-13-23(31)29-14-5-4-11-22(29)25(27)32/h1-3,6-10,12-13,15,17,22H,4-5,11,14H2,(H2,27,32)/b13-12+. The van der Waals surface area contributed by atoms with Crippen molar-refractivity contribution < 1.29 is 9.59 Å². The van der Waals surface area contributed by atoms with Crippen LogP contribution in [0.5, 0.6) is 0 Å². The number of nitrogens with two attached hydrogens (primary N) is 1. The lowest BCUT2D eigenvalue weighted by Crippen LogP contribution is -2.49. The number of carbonyl (C=O) groups excluding carboxylic acids is 2. The van der Waals surface area contributed by atoms with Crippen molar-refractivity contribution in [3.63, 3.8) is 0 Å². The first-order valence-electron chi connectivity index (χ1n) is 10.5. The second-order valence-corrected chi connectivity index (χ2v) is 7.68. The summed E-state index contributed by atoms with van der Waals surface area (Å²) < 4.78 is 1.74. The topological polar surface area (TPSA) is 105 Å². The molecular weight excluding hydrogens is 402 g/mol. The largest absolute Gasteiger partial charge is 0.368 e. The van der Waals surface area contributed by atoms with Gasteiger partial charge in [-0.05, 0) is 49.6 Å². The third kappa shape index (κ3) is 4.44. The lowest BCUT2D eigenvalue weighted by atomic mass is 10.0. The summed E-state index contributed by atoms with van der Waals surface area (Å²) in [6.07, 6.45) is 7.33. The smallest absolute Gasteiger partial charge is 0.247 e. The minimum Gasteiger partial charge on any atom is -0.368 e. The molecule has 7 nitrogen and oxygen atoms in total.